The predicted octanol–water partition coefficient (Wildman–Crippen LogP) is 1.46. The predicted molar refractivity (Wildman–Crippen MR) is 99.9 cm³/mol. The summed E-state index contributed by atoms with van der Waals surface area (Å²) in [6.07, 6.45) is 4.10. The Morgan fingerprint density at radius 1 is 1.34 bits per heavy atom. The summed E-state index contributed by atoms with van der Waals surface area (Å²) in [7, 11) is 0. The Kier molecular flexibility index (Phi) is 3.78. The maximum Gasteiger partial charge on any atom is 0.312 e. The van der Waals surface area contributed by atoms with Crippen LogP contribution in [-0.2, 0) is 12.0 Å². The number of rotatable bonds is 3. The molecule has 0 saturated heterocycles. The number of carbonyl (C=O) groups is 1. The number of amides is 1. The highest BCUT2D eigenvalue weighted by Gasteiger charge is 2.38. The number of aromatic nitrogens is 6. The van der Waals surface area contributed by atoms with Gasteiger partial charge in [-0.15, -0.1) is 10.2 Å². The second-order valence-corrected chi connectivity index (χ2v) is 7.53. The van der Waals surface area contributed by atoms with E-state index in [4.69, 9.17) is 4.42 Å². The minimum atomic E-state index is -1.33. The van der Waals surface area contributed by atoms with Crippen LogP contribution in [-0.4, -0.2) is 52.2 Å². The van der Waals surface area contributed by atoms with Gasteiger partial charge in [-0.25, -0.2) is 9.50 Å². The van der Waals surface area contributed by atoms with Crippen LogP contribution in [0.4, 0.5) is 0 Å². The number of hydrogen-bond acceptors (Lipinski definition) is 7. The van der Waals surface area contributed by atoms with Gasteiger partial charge in [0.05, 0.1) is 23.2 Å². The molecule has 0 saturated carbocycles. The summed E-state index contributed by atoms with van der Waals surface area (Å²) in [4.78, 5) is 22.5. The van der Waals surface area contributed by atoms with Crippen molar-refractivity contribution < 1.29 is 14.3 Å². The van der Waals surface area contributed by atoms with Crippen LogP contribution in [0, 0.1) is 0 Å². The molecule has 1 aliphatic rings. The average Bonchev–Trinajstić information content (AvgIpc) is 3.44. The topological polar surface area (TPSA) is 125 Å². The molecule has 0 fully saturated rings. The highest BCUT2D eigenvalue weighted by Crippen LogP contribution is 2.34. The van der Waals surface area contributed by atoms with Crippen molar-refractivity contribution >= 4 is 11.4 Å². The molecule has 29 heavy (non-hydrogen) atoms. The molecule has 0 bridgehead atoms. The van der Waals surface area contributed by atoms with E-state index in [9.17, 15) is 9.90 Å². The molecule has 148 valence electrons. The third-order valence-electron chi connectivity index (χ3n) is 4.99. The first kappa shape index (κ1) is 17.6. The minimum Gasteiger partial charge on any atom is -0.414 e. The molecule has 1 aliphatic heterocycles. The second-order valence-electron chi connectivity index (χ2n) is 7.53. The lowest BCUT2D eigenvalue weighted by Gasteiger charge is -2.32. The van der Waals surface area contributed by atoms with Gasteiger partial charge in [0, 0.05) is 24.9 Å². The summed E-state index contributed by atoms with van der Waals surface area (Å²) in [5, 5.41) is 22.4. The van der Waals surface area contributed by atoms with Crippen molar-refractivity contribution in [3.05, 3.63) is 65.7 Å². The molecule has 1 amide bonds. The molecular formula is C19H19N7O3. The van der Waals surface area contributed by atoms with E-state index in [0.717, 1.165) is 16.9 Å². The number of pyridine rings is 1. The molecule has 1 unspecified atom stereocenters. The number of aromatic amines is 1. The van der Waals surface area contributed by atoms with E-state index in [1.165, 1.54) is 13.8 Å². The normalized spacial score (nSPS) is 16.9. The molecule has 2 N–H and O–H groups in total. The third kappa shape index (κ3) is 2.88. The van der Waals surface area contributed by atoms with Crippen molar-refractivity contribution in [1.29, 1.82) is 0 Å². The number of hydrogen-bond donors (Lipinski definition) is 2. The van der Waals surface area contributed by atoms with Crippen molar-refractivity contribution in [3.8, 4) is 0 Å². The summed E-state index contributed by atoms with van der Waals surface area (Å²) in [5.41, 5.74) is 2.00. The van der Waals surface area contributed by atoms with E-state index in [-0.39, 0.29) is 11.8 Å². The number of nitrogens with one attached hydrogen (secondary N) is 1. The van der Waals surface area contributed by atoms with Gasteiger partial charge < -0.3 is 19.4 Å². The fourth-order valence-electron chi connectivity index (χ4n) is 3.57. The Morgan fingerprint density at radius 2 is 2.21 bits per heavy atom. The van der Waals surface area contributed by atoms with Crippen molar-refractivity contribution in [3.63, 3.8) is 0 Å². The molecule has 0 radical (unpaired) electrons. The molecule has 4 aromatic rings. The van der Waals surface area contributed by atoms with E-state index in [2.05, 4.69) is 25.3 Å². The fourth-order valence-corrected chi connectivity index (χ4v) is 3.57. The smallest absolute Gasteiger partial charge is 0.312 e. The first-order valence-corrected chi connectivity index (χ1v) is 9.25. The number of nitrogens with zero attached hydrogens (tertiary/aromatic N) is 6. The number of fused-ring (bicyclic) bond motifs is 2. The number of H-pyrrole nitrogens is 1. The van der Waals surface area contributed by atoms with E-state index >= 15 is 0 Å². The van der Waals surface area contributed by atoms with Gasteiger partial charge in [-0.1, -0.05) is 6.07 Å². The fraction of sp³-hybridized carbons (Fsp3) is 0.316. The maximum absolute atomic E-state index is 13.2. The Bertz CT molecular complexity index is 1170. The summed E-state index contributed by atoms with van der Waals surface area (Å²) < 4.78 is 7.22. The molecule has 0 aromatic carbocycles. The number of imidazole rings is 1. The monoisotopic (exact) mass is 393 g/mol. The van der Waals surface area contributed by atoms with Gasteiger partial charge in [-0.3, -0.25) is 4.79 Å². The summed E-state index contributed by atoms with van der Waals surface area (Å²) >= 11 is 0. The first-order valence-electron chi connectivity index (χ1n) is 9.25. The summed E-state index contributed by atoms with van der Waals surface area (Å²) in [5.74, 6) is -0.610. The Hall–Kier alpha value is -3.53. The van der Waals surface area contributed by atoms with E-state index < -0.39 is 17.6 Å². The van der Waals surface area contributed by atoms with E-state index in [1.54, 1.807) is 15.7 Å². The largest absolute Gasteiger partial charge is 0.414 e. The number of carbonyl (C=O) groups excluding carboxylic acids is 1. The molecular weight excluding hydrogens is 374 g/mol. The lowest BCUT2D eigenvalue weighted by molar-refractivity contribution is 0.0440. The van der Waals surface area contributed by atoms with Gasteiger partial charge in [0.25, 0.3) is 0 Å². The zero-order valence-corrected chi connectivity index (χ0v) is 15.9. The first-order chi connectivity index (χ1) is 13.9. The Labute approximate surface area is 165 Å². The zero-order chi connectivity index (χ0) is 20.2. The van der Waals surface area contributed by atoms with E-state index in [1.807, 2.05) is 30.5 Å². The van der Waals surface area contributed by atoms with Gasteiger partial charge in [0.2, 0.25) is 5.89 Å². The molecule has 0 spiro atoms. The lowest BCUT2D eigenvalue weighted by Crippen LogP contribution is -2.41. The molecule has 0 aliphatic carbocycles. The van der Waals surface area contributed by atoms with Crippen LogP contribution in [0.3, 0.4) is 0 Å². The summed E-state index contributed by atoms with van der Waals surface area (Å²) in [6.45, 7) is 3.48. The van der Waals surface area contributed by atoms with Crippen molar-refractivity contribution in [2.24, 2.45) is 0 Å². The standard InChI is InChI=1S/C19H19N7O3/c1-19(2,28)18-23-22-16(29-18)17(27)25-8-6-12-14(21-10-20-12)15(25)13-9-11-5-3-4-7-26(11)24-13/h3-5,7,9-10,15,28H,6,8H2,1-2H3,(H,20,21). The van der Waals surface area contributed by atoms with Crippen LogP contribution in [0.1, 0.15) is 53.5 Å². The van der Waals surface area contributed by atoms with Crippen molar-refractivity contribution in [1.82, 2.24) is 34.7 Å². The van der Waals surface area contributed by atoms with Crippen LogP contribution >= 0.6 is 0 Å². The van der Waals surface area contributed by atoms with Crippen LogP contribution in [0.2, 0.25) is 0 Å². The zero-order valence-electron chi connectivity index (χ0n) is 15.9. The SMILES string of the molecule is CC(C)(O)c1nnc(C(=O)N2CCc3[nH]cnc3C2c2cc3ccccn3n2)o1. The van der Waals surface area contributed by atoms with Crippen LogP contribution in [0.5, 0.6) is 0 Å². The Morgan fingerprint density at radius 3 is 2.97 bits per heavy atom. The van der Waals surface area contributed by atoms with Gasteiger partial charge in [-0.05, 0) is 32.0 Å². The molecule has 4 aromatic heterocycles. The minimum absolute atomic E-state index is 0.0115. The van der Waals surface area contributed by atoms with Gasteiger partial charge in [0.1, 0.15) is 11.6 Å². The van der Waals surface area contributed by atoms with Gasteiger partial charge >= 0.3 is 11.8 Å². The third-order valence-corrected chi connectivity index (χ3v) is 4.99. The molecule has 5 heterocycles. The quantitative estimate of drug-likeness (QED) is 0.540. The van der Waals surface area contributed by atoms with Gasteiger partial charge in [0.15, 0.2) is 0 Å². The van der Waals surface area contributed by atoms with Crippen molar-refractivity contribution in [2.45, 2.75) is 31.9 Å². The highest BCUT2D eigenvalue weighted by molar-refractivity contribution is 5.90. The molecule has 5 rings (SSSR count). The highest BCUT2D eigenvalue weighted by atomic mass is 16.4. The van der Waals surface area contributed by atoms with E-state index in [0.29, 0.717) is 18.7 Å². The number of aliphatic hydroxyl groups is 1. The van der Waals surface area contributed by atoms with Gasteiger partial charge in [-0.2, -0.15) is 5.10 Å². The molecule has 10 heteroatoms. The molecule has 10 nitrogen and oxygen atoms in total. The van der Waals surface area contributed by atoms with Crippen LogP contribution in [0.15, 0.2) is 41.2 Å². The second kappa shape index (κ2) is 6.24. The molecule has 1 atom stereocenters. The Balaban J connectivity index is 1.57. The van der Waals surface area contributed by atoms with Crippen LogP contribution in [0.25, 0.3) is 5.52 Å². The summed E-state index contributed by atoms with van der Waals surface area (Å²) in [6, 6.07) is 7.22. The average molecular weight is 393 g/mol. The van der Waals surface area contributed by atoms with Crippen LogP contribution < -0.4 is 0 Å². The lowest BCUT2D eigenvalue weighted by atomic mass is 9.99. The van der Waals surface area contributed by atoms with Crippen molar-refractivity contribution in [2.75, 3.05) is 6.54 Å². The maximum atomic E-state index is 13.2.